The lowest BCUT2D eigenvalue weighted by Gasteiger charge is -2.26. The van der Waals surface area contributed by atoms with Gasteiger partial charge in [-0.05, 0) is 70.4 Å². The minimum Gasteiger partial charge on any atom is -0.496 e. The summed E-state index contributed by atoms with van der Waals surface area (Å²) in [6.07, 6.45) is 13.1. The number of fused-ring (bicyclic) bond motifs is 3. The van der Waals surface area contributed by atoms with Crippen molar-refractivity contribution < 1.29 is 29.0 Å². The van der Waals surface area contributed by atoms with Crippen LogP contribution in [-0.4, -0.2) is 70.1 Å². The number of carboxylic acid groups (broad SMARTS) is 1. The molecule has 260 valence electrons. The fraction of sp³-hybridized carbons (Fsp3) is 0.553. The van der Waals surface area contributed by atoms with Crippen LogP contribution in [0.25, 0.3) is 22.3 Å². The van der Waals surface area contributed by atoms with Crippen molar-refractivity contribution in [1.29, 1.82) is 0 Å². The van der Waals surface area contributed by atoms with Crippen molar-refractivity contribution in [2.24, 2.45) is 17.8 Å². The minimum absolute atomic E-state index is 0.103. The molecule has 1 aromatic carbocycles. The highest BCUT2D eigenvalue weighted by molar-refractivity contribution is 7.10. The number of carbonyl (C=O) groups excluding carboxylic acids is 2. The molecule has 10 nitrogen and oxygen atoms in total. The van der Waals surface area contributed by atoms with E-state index in [2.05, 4.69) is 10.7 Å². The Kier molecular flexibility index (Phi) is 9.39. The molecule has 5 atom stereocenters. The lowest BCUT2D eigenvalue weighted by molar-refractivity contribution is -0.145. The zero-order valence-corrected chi connectivity index (χ0v) is 29.4. The van der Waals surface area contributed by atoms with Gasteiger partial charge in [0.1, 0.15) is 23.1 Å². The van der Waals surface area contributed by atoms with E-state index in [1.165, 1.54) is 32.1 Å². The number of nitrogens with one attached hydrogen (secondary N) is 1. The number of aliphatic carboxylic acids is 1. The van der Waals surface area contributed by atoms with Crippen molar-refractivity contribution in [3.8, 4) is 22.9 Å². The number of ether oxygens (including phenoxy) is 2. The van der Waals surface area contributed by atoms with E-state index in [0.717, 1.165) is 52.2 Å². The number of aromatic nitrogens is 2. The number of amides is 2. The molecule has 49 heavy (non-hydrogen) atoms. The number of methoxy groups -OCH3 is 1. The summed E-state index contributed by atoms with van der Waals surface area (Å²) in [4.78, 5) is 52.0. The van der Waals surface area contributed by atoms with E-state index in [1.54, 1.807) is 30.4 Å². The first kappa shape index (κ1) is 33.5. The number of nitrogens with zero attached hydrogens (tertiary/aromatic N) is 3. The Morgan fingerprint density at radius 3 is 2.61 bits per heavy atom. The first-order valence-electron chi connectivity index (χ1n) is 17.8. The number of benzene rings is 1. The minimum atomic E-state index is -1.33. The third-order valence-electron chi connectivity index (χ3n) is 11.2. The van der Waals surface area contributed by atoms with E-state index in [0.29, 0.717) is 43.2 Å². The van der Waals surface area contributed by atoms with Gasteiger partial charge in [-0.25, -0.2) is 14.8 Å². The summed E-state index contributed by atoms with van der Waals surface area (Å²) in [6.45, 7) is 2.58. The Morgan fingerprint density at radius 2 is 1.84 bits per heavy atom. The molecule has 7 rings (SSSR count). The van der Waals surface area contributed by atoms with Gasteiger partial charge in [-0.2, -0.15) is 0 Å². The van der Waals surface area contributed by atoms with Crippen molar-refractivity contribution in [3.05, 3.63) is 46.3 Å². The van der Waals surface area contributed by atoms with E-state index in [1.807, 2.05) is 37.3 Å². The molecule has 4 aliphatic rings. The highest BCUT2D eigenvalue weighted by Gasteiger charge is 2.61. The number of hydrogen-bond donors (Lipinski definition) is 2. The maximum Gasteiger partial charge on any atom is 0.330 e. The molecule has 0 spiro atoms. The topological polar surface area (TPSA) is 131 Å². The van der Waals surface area contributed by atoms with Crippen molar-refractivity contribution >= 4 is 40.0 Å². The van der Waals surface area contributed by atoms with Gasteiger partial charge < -0.3 is 24.8 Å². The number of pyridine rings is 1. The van der Waals surface area contributed by atoms with E-state index in [9.17, 15) is 19.5 Å². The van der Waals surface area contributed by atoms with Crippen LogP contribution in [-0.2, 0) is 14.4 Å². The summed E-state index contributed by atoms with van der Waals surface area (Å²) in [5.74, 6) is -1.31. The second kappa shape index (κ2) is 13.7. The smallest absolute Gasteiger partial charge is 0.330 e. The molecule has 0 bridgehead atoms. The first-order valence-corrected chi connectivity index (χ1v) is 18.6. The first-order chi connectivity index (χ1) is 23.7. The quantitative estimate of drug-likeness (QED) is 0.276. The van der Waals surface area contributed by atoms with Crippen LogP contribution in [0.5, 0.6) is 11.5 Å². The molecule has 0 saturated heterocycles. The SMILES string of the molecule is COc1ccc2c(O[C@@H]3C[C@H]4C(=O)N[C@]5(C(=O)O)C[C@H]5/C=C\CCCCN(C)C(=O)[C@@H]4C3)cc(-c3csc(C4CCCCC4)n3)nc2c1C. The molecule has 3 heterocycles. The summed E-state index contributed by atoms with van der Waals surface area (Å²) in [6, 6.07) is 5.77. The van der Waals surface area contributed by atoms with E-state index in [-0.39, 0.29) is 11.8 Å². The lowest BCUT2D eigenvalue weighted by Crippen LogP contribution is -2.49. The Balaban J connectivity index is 1.21. The van der Waals surface area contributed by atoms with Gasteiger partial charge in [0.05, 0.1) is 40.9 Å². The number of rotatable bonds is 6. The van der Waals surface area contributed by atoms with Gasteiger partial charge in [0.25, 0.3) is 0 Å². The molecule has 2 N–H and O–H groups in total. The molecule has 0 unspecified atom stereocenters. The predicted molar refractivity (Wildman–Crippen MR) is 188 cm³/mol. The third-order valence-corrected chi connectivity index (χ3v) is 12.2. The van der Waals surface area contributed by atoms with Gasteiger partial charge >= 0.3 is 5.97 Å². The van der Waals surface area contributed by atoms with Gasteiger partial charge in [0, 0.05) is 47.8 Å². The summed E-state index contributed by atoms with van der Waals surface area (Å²) < 4.78 is 12.4. The molecule has 3 saturated carbocycles. The monoisotopic (exact) mass is 686 g/mol. The normalized spacial score (nSPS) is 28.7. The summed E-state index contributed by atoms with van der Waals surface area (Å²) in [7, 11) is 3.43. The molecule has 2 aromatic heterocycles. The molecule has 3 fully saturated rings. The predicted octanol–water partition coefficient (Wildman–Crippen LogP) is 6.65. The van der Waals surface area contributed by atoms with E-state index in [4.69, 9.17) is 19.4 Å². The summed E-state index contributed by atoms with van der Waals surface area (Å²) >= 11 is 1.69. The zero-order valence-electron chi connectivity index (χ0n) is 28.6. The van der Waals surface area contributed by atoms with Crippen molar-refractivity contribution in [2.45, 2.75) is 95.1 Å². The largest absolute Gasteiger partial charge is 0.496 e. The van der Waals surface area contributed by atoms with Crippen LogP contribution in [0.4, 0.5) is 0 Å². The molecule has 11 heteroatoms. The van der Waals surface area contributed by atoms with Crippen LogP contribution >= 0.6 is 11.3 Å². The number of allylic oxidation sites excluding steroid dienone is 1. The average Bonchev–Trinajstić information content (AvgIpc) is 3.40. The van der Waals surface area contributed by atoms with Crippen LogP contribution < -0.4 is 14.8 Å². The van der Waals surface area contributed by atoms with E-state index < -0.39 is 35.4 Å². The van der Waals surface area contributed by atoms with Gasteiger partial charge in [-0.3, -0.25) is 9.59 Å². The van der Waals surface area contributed by atoms with Crippen molar-refractivity contribution in [3.63, 3.8) is 0 Å². The Labute approximate surface area is 291 Å². The number of aryl methyl sites for hydroxylation is 1. The molecule has 1 aliphatic heterocycles. The maximum absolute atomic E-state index is 13.9. The second-order valence-electron chi connectivity index (χ2n) is 14.4. The molecule has 3 aromatic rings. The summed E-state index contributed by atoms with van der Waals surface area (Å²) in [5.41, 5.74) is 1.82. The second-order valence-corrected chi connectivity index (χ2v) is 15.3. The van der Waals surface area contributed by atoms with Crippen molar-refractivity contribution in [1.82, 2.24) is 20.2 Å². The number of thiazole rings is 1. The van der Waals surface area contributed by atoms with E-state index >= 15 is 0 Å². The van der Waals surface area contributed by atoms with Crippen LogP contribution in [0.2, 0.25) is 0 Å². The number of hydrogen-bond acceptors (Lipinski definition) is 8. The van der Waals surface area contributed by atoms with Crippen molar-refractivity contribution in [2.75, 3.05) is 20.7 Å². The molecular weight excluding hydrogens is 641 g/mol. The Hall–Kier alpha value is -3.99. The Morgan fingerprint density at radius 1 is 1.04 bits per heavy atom. The highest BCUT2D eigenvalue weighted by Crippen LogP contribution is 2.47. The fourth-order valence-corrected chi connectivity index (χ4v) is 9.13. The molecule has 2 amide bonds. The molecular formula is C38H46N4O6S. The van der Waals surface area contributed by atoms with Crippen LogP contribution in [0.1, 0.15) is 87.1 Å². The molecule has 3 aliphatic carbocycles. The van der Waals surface area contributed by atoms with Crippen LogP contribution in [0.15, 0.2) is 35.7 Å². The summed E-state index contributed by atoms with van der Waals surface area (Å²) in [5, 5.41) is 17.0. The number of carboxylic acids is 1. The highest BCUT2D eigenvalue weighted by atomic mass is 32.1. The third kappa shape index (κ3) is 6.54. The van der Waals surface area contributed by atoms with Crippen LogP contribution in [0, 0.1) is 24.7 Å². The molecule has 0 radical (unpaired) electrons. The lowest BCUT2D eigenvalue weighted by atomic mass is 9.90. The Bertz CT molecular complexity index is 1780. The van der Waals surface area contributed by atoms with Gasteiger partial charge in [-0.1, -0.05) is 31.4 Å². The fourth-order valence-electron chi connectivity index (χ4n) is 8.14. The van der Waals surface area contributed by atoms with Crippen LogP contribution in [0.3, 0.4) is 0 Å². The average molecular weight is 687 g/mol. The van der Waals surface area contributed by atoms with Gasteiger partial charge in [0.2, 0.25) is 11.8 Å². The van der Waals surface area contributed by atoms with Gasteiger partial charge in [-0.15, -0.1) is 11.3 Å². The standard InChI is InChI=1S/C38H46N4O6S/c1-22-31(47-3)15-14-26-32(19-29(39-33(22)26)30-21-49-35(40-30)23-11-7-6-8-12-23)48-25-17-27-28(18-25)36(44)42(2)16-10-5-4-9-13-24-20-38(24,37(45)46)41-34(27)43/h9,13-15,19,21,23-25,27-28H,4-8,10-12,16-18,20H2,1-3H3,(H,41,43)(H,45,46)/b13-9-/t24-,25-,27-,28-,38-/m1/s1. The number of carbonyl (C=O) groups is 3. The zero-order chi connectivity index (χ0) is 34.3. The van der Waals surface area contributed by atoms with Gasteiger partial charge in [0.15, 0.2) is 0 Å². The maximum atomic E-state index is 13.9.